The van der Waals surface area contributed by atoms with Crippen molar-refractivity contribution in [1.29, 1.82) is 0 Å². The Balaban J connectivity index is 2.25. The van der Waals surface area contributed by atoms with Gasteiger partial charge < -0.3 is 14.6 Å². The van der Waals surface area contributed by atoms with E-state index in [4.69, 9.17) is 5.11 Å². The summed E-state index contributed by atoms with van der Waals surface area (Å²) in [6.45, 7) is 0.512. The Bertz CT molecular complexity index is 469. The predicted octanol–water partition coefficient (Wildman–Crippen LogP) is 1.48. The molecule has 0 unspecified atom stereocenters. The molecule has 1 N–H and O–H groups in total. The van der Waals surface area contributed by atoms with Crippen molar-refractivity contribution in [1.82, 2.24) is 9.47 Å². The Morgan fingerprint density at radius 3 is 2.76 bits per heavy atom. The summed E-state index contributed by atoms with van der Waals surface area (Å²) >= 11 is 3.30. The second kappa shape index (κ2) is 4.52. The molecule has 0 aromatic carbocycles. The van der Waals surface area contributed by atoms with E-state index in [2.05, 4.69) is 15.9 Å². The SMILES string of the molecule is Cn1cc(Br)cc1C(=O)N1CCC[C@@H]1C(=O)O. The van der Waals surface area contributed by atoms with Crippen molar-refractivity contribution in [2.75, 3.05) is 6.54 Å². The van der Waals surface area contributed by atoms with Gasteiger partial charge in [-0.2, -0.15) is 0 Å². The summed E-state index contributed by atoms with van der Waals surface area (Å²) in [5.41, 5.74) is 0.505. The summed E-state index contributed by atoms with van der Waals surface area (Å²) in [7, 11) is 1.77. The van der Waals surface area contributed by atoms with Crippen LogP contribution in [0.25, 0.3) is 0 Å². The van der Waals surface area contributed by atoms with Gasteiger partial charge in [-0.15, -0.1) is 0 Å². The highest BCUT2D eigenvalue weighted by Crippen LogP contribution is 2.22. The quantitative estimate of drug-likeness (QED) is 0.900. The van der Waals surface area contributed by atoms with Crippen molar-refractivity contribution in [2.45, 2.75) is 18.9 Å². The highest BCUT2D eigenvalue weighted by Gasteiger charge is 2.35. The zero-order chi connectivity index (χ0) is 12.6. The molecule has 92 valence electrons. The lowest BCUT2D eigenvalue weighted by Crippen LogP contribution is -2.41. The maximum absolute atomic E-state index is 12.2. The smallest absolute Gasteiger partial charge is 0.326 e. The highest BCUT2D eigenvalue weighted by molar-refractivity contribution is 9.10. The molecule has 1 aliphatic rings. The first-order chi connectivity index (χ1) is 8.00. The fourth-order valence-corrected chi connectivity index (χ4v) is 2.67. The van der Waals surface area contributed by atoms with Crippen LogP contribution >= 0.6 is 15.9 Å². The fraction of sp³-hybridized carbons (Fsp3) is 0.455. The Kier molecular flexibility index (Phi) is 3.24. The van der Waals surface area contributed by atoms with Crippen LogP contribution in [0.1, 0.15) is 23.3 Å². The number of hydrogen-bond donors (Lipinski definition) is 1. The minimum absolute atomic E-state index is 0.219. The van der Waals surface area contributed by atoms with Gasteiger partial charge in [-0.3, -0.25) is 4.79 Å². The molecule has 0 bridgehead atoms. The molecule has 0 saturated carbocycles. The minimum Gasteiger partial charge on any atom is -0.480 e. The summed E-state index contributed by atoms with van der Waals surface area (Å²) in [5.74, 6) is -1.15. The van der Waals surface area contributed by atoms with Gasteiger partial charge >= 0.3 is 5.97 Å². The molecule has 2 rings (SSSR count). The second-order valence-corrected chi connectivity index (χ2v) is 5.06. The number of aliphatic carboxylic acids is 1. The molecule has 5 nitrogen and oxygen atoms in total. The number of carbonyl (C=O) groups excluding carboxylic acids is 1. The van der Waals surface area contributed by atoms with Crippen molar-refractivity contribution in [2.24, 2.45) is 7.05 Å². The van der Waals surface area contributed by atoms with Crippen molar-refractivity contribution in [3.63, 3.8) is 0 Å². The van der Waals surface area contributed by atoms with Crippen LogP contribution in [0, 0.1) is 0 Å². The lowest BCUT2D eigenvalue weighted by molar-refractivity contribution is -0.141. The summed E-state index contributed by atoms with van der Waals surface area (Å²) in [6.07, 6.45) is 3.06. The molecule has 0 spiro atoms. The van der Waals surface area contributed by atoms with Crippen LogP contribution in [0.5, 0.6) is 0 Å². The average Bonchev–Trinajstić information content (AvgIpc) is 2.83. The monoisotopic (exact) mass is 300 g/mol. The van der Waals surface area contributed by atoms with Gasteiger partial charge in [0.1, 0.15) is 11.7 Å². The lowest BCUT2D eigenvalue weighted by atomic mass is 10.2. The number of hydrogen-bond acceptors (Lipinski definition) is 2. The maximum atomic E-state index is 12.2. The average molecular weight is 301 g/mol. The number of carboxylic acid groups (broad SMARTS) is 1. The third-order valence-electron chi connectivity index (χ3n) is 2.99. The van der Waals surface area contributed by atoms with E-state index in [-0.39, 0.29) is 5.91 Å². The fourth-order valence-electron chi connectivity index (χ4n) is 2.15. The number of halogens is 1. The van der Waals surface area contributed by atoms with Gasteiger partial charge in [0.15, 0.2) is 0 Å². The first-order valence-corrected chi connectivity index (χ1v) is 6.15. The van der Waals surface area contributed by atoms with Crippen LogP contribution in [-0.2, 0) is 11.8 Å². The molecule has 2 heterocycles. The van der Waals surface area contributed by atoms with E-state index in [9.17, 15) is 9.59 Å². The van der Waals surface area contributed by atoms with Crippen molar-refractivity contribution in [3.05, 3.63) is 22.4 Å². The molecule has 1 aromatic rings. The summed E-state index contributed by atoms with van der Waals surface area (Å²) in [4.78, 5) is 24.7. The lowest BCUT2D eigenvalue weighted by Gasteiger charge is -2.21. The first-order valence-electron chi connectivity index (χ1n) is 5.36. The van der Waals surface area contributed by atoms with Gasteiger partial charge in [-0.1, -0.05) is 0 Å². The van der Waals surface area contributed by atoms with Gasteiger partial charge in [0, 0.05) is 24.3 Å². The van der Waals surface area contributed by atoms with Crippen LogP contribution in [0.3, 0.4) is 0 Å². The number of nitrogens with zero attached hydrogens (tertiary/aromatic N) is 2. The topological polar surface area (TPSA) is 62.5 Å². The number of amides is 1. The predicted molar refractivity (Wildman–Crippen MR) is 64.8 cm³/mol. The molecule has 1 fully saturated rings. The Morgan fingerprint density at radius 2 is 2.24 bits per heavy atom. The van der Waals surface area contributed by atoms with Crippen LogP contribution in [-0.4, -0.2) is 39.0 Å². The number of carbonyl (C=O) groups is 2. The van der Waals surface area contributed by atoms with Crippen LogP contribution in [0.4, 0.5) is 0 Å². The highest BCUT2D eigenvalue weighted by atomic mass is 79.9. The standard InChI is InChI=1S/C11H13BrN2O3/c1-13-6-7(12)5-9(13)10(15)14-4-2-3-8(14)11(16)17/h5-6,8H,2-4H2,1H3,(H,16,17)/t8-/m1/s1. The number of aromatic nitrogens is 1. The third kappa shape index (κ3) is 2.22. The van der Waals surface area contributed by atoms with Gasteiger partial charge in [0.2, 0.25) is 0 Å². The maximum Gasteiger partial charge on any atom is 0.326 e. The van der Waals surface area contributed by atoms with E-state index >= 15 is 0 Å². The van der Waals surface area contributed by atoms with E-state index in [1.165, 1.54) is 4.90 Å². The van der Waals surface area contributed by atoms with E-state index in [1.807, 2.05) is 0 Å². The normalized spacial score (nSPS) is 19.6. The van der Waals surface area contributed by atoms with E-state index < -0.39 is 12.0 Å². The Hall–Kier alpha value is -1.30. The minimum atomic E-state index is -0.927. The summed E-state index contributed by atoms with van der Waals surface area (Å²) < 4.78 is 2.51. The molecule has 1 amide bonds. The molecular formula is C11H13BrN2O3. The van der Waals surface area contributed by atoms with Crippen molar-refractivity contribution < 1.29 is 14.7 Å². The van der Waals surface area contributed by atoms with Gasteiger partial charge in [0.05, 0.1) is 0 Å². The van der Waals surface area contributed by atoms with Gasteiger partial charge in [0.25, 0.3) is 5.91 Å². The van der Waals surface area contributed by atoms with E-state index in [0.29, 0.717) is 18.7 Å². The molecule has 6 heteroatoms. The first kappa shape index (κ1) is 12.2. The molecule has 1 atom stereocenters. The Morgan fingerprint density at radius 1 is 1.53 bits per heavy atom. The molecule has 0 aliphatic carbocycles. The number of likely N-dealkylation sites (tertiary alicyclic amines) is 1. The number of rotatable bonds is 2. The summed E-state index contributed by atoms with van der Waals surface area (Å²) in [5, 5.41) is 9.04. The van der Waals surface area contributed by atoms with Crippen LogP contribution in [0.2, 0.25) is 0 Å². The van der Waals surface area contributed by atoms with Gasteiger partial charge in [-0.25, -0.2) is 4.79 Å². The van der Waals surface area contributed by atoms with Gasteiger partial charge in [-0.05, 0) is 34.8 Å². The molecule has 1 aromatic heterocycles. The molecule has 17 heavy (non-hydrogen) atoms. The number of carboxylic acids is 1. The van der Waals surface area contributed by atoms with Crippen LogP contribution in [0.15, 0.2) is 16.7 Å². The van der Waals surface area contributed by atoms with Crippen LogP contribution < -0.4 is 0 Å². The largest absolute Gasteiger partial charge is 0.480 e. The second-order valence-electron chi connectivity index (χ2n) is 4.15. The zero-order valence-electron chi connectivity index (χ0n) is 9.39. The summed E-state index contributed by atoms with van der Waals surface area (Å²) in [6, 6.07) is 1.02. The molecule has 1 aliphatic heterocycles. The molecule has 1 saturated heterocycles. The van der Waals surface area contributed by atoms with Crippen molar-refractivity contribution in [3.8, 4) is 0 Å². The molecular weight excluding hydrogens is 288 g/mol. The van der Waals surface area contributed by atoms with E-state index in [0.717, 1.165) is 10.9 Å². The van der Waals surface area contributed by atoms with Crippen molar-refractivity contribution >= 4 is 27.8 Å². The zero-order valence-corrected chi connectivity index (χ0v) is 11.0. The van der Waals surface area contributed by atoms with E-state index in [1.54, 1.807) is 23.9 Å². The third-order valence-corrected chi connectivity index (χ3v) is 3.42. The Labute approximate surface area is 107 Å². The number of aryl methyl sites for hydroxylation is 1. The molecule has 0 radical (unpaired) electrons.